The summed E-state index contributed by atoms with van der Waals surface area (Å²) < 4.78 is 5.09. The topological polar surface area (TPSA) is 41.6 Å². The Labute approximate surface area is 103 Å². The molecular weight excluding hydrogens is 216 g/mol. The minimum Gasteiger partial charge on any atom is -0.497 e. The molecule has 94 valence electrons. The van der Waals surface area contributed by atoms with Gasteiger partial charge in [-0.3, -0.25) is 4.79 Å². The number of amides is 1. The van der Waals surface area contributed by atoms with Crippen LogP contribution in [-0.2, 0) is 11.3 Å². The van der Waals surface area contributed by atoms with Crippen LogP contribution in [0.1, 0.15) is 12.5 Å². The second kappa shape index (κ2) is 6.25. The first-order chi connectivity index (χ1) is 8.08. The number of methoxy groups -OCH3 is 1. The van der Waals surface area contributed by atoms with Crippen molar-refractivity contribution in [3.05, 3.63) is 29.8 Å². The Morgan fingerprint density at radius 3 is 2.47 bits per heavy atom. The summed E-state index contributed by atoms with van der Waals surface area (Å²) in [5.41, 5.74) is 1.09. The smallest absolute Gasteiger partial charge is 0.239 e. The molecule has 0 saturated heterocycles. The Bertz CT molecular complexity index is 362. The summed E-state index contributed by atoms with van der Waals surface area (Å²) in [4.78, 5) is 13.6. The van der Waals surface area contributed by atoms with Gasteiger partial charge in [0, 0.05) is 13.6 Å². The number of rotatable bonds is 5. The first kappa shape index (κ1) is 13.5. The summed E-state index contributed by atoms with van der Waals surface area (Å²) in [5.74, 6) is 0.912. The number of benzene rings is 1. The molecule has 0 radical (unpaired) electrons. The molecule has 1 unspecified atom stereocenters. The van der Waals surface area contributed by atoms with Crippen molar-refractivity contribution in [1.29, 1.82) is 0 Å². The van der Waals surface area contributed by atoms with Gasteiger partial charge < -0.3 is 15.0 Å². The van der Waals surface area contributed by atoms with Gasteiger partial charge in [0.25, 0.3) is 0 Å². The van der Waals surface area contributed by atoms with Gasteiger partial charge in [-0.15, -0.1) is 0 Å². The molecule has 4 nitrogen and oxygen atoms in total. The molecule has 1 aromatic carbocycles. The van der Waals surface area contributed by atoms with Crippen molar-refractivity contribution >= 4 is 5.91 Å². The summed E-state index contributed by atoms with van der Waals surface area (Å²) in [7, 11) is 5.23. The number of ether oxygens (including phenoxy) is 1. The van der Waals surface area contributed by atoms with E-state index in [4.69, 9.17) is 4.74 Å². The van der Waals surface area contributed by atoms with E-state index in [1.54, 1.807) is 26.1 Å². The van der Waals surface area contributed by atoms with E-state index in [9.17, 15) is 4.79 Å². The lowest BCUT2D eigenvalue weighted by Crippen LogP contribution is -2.41. The van der Waals surface area contributed by atoms with E-state index in [0.29, 0.717) is 6.54 Å². The number of carbonyl (C=O) groups excluding carboxylic acids is 1. The van der Waals surface area contributed by atoms with Gasteiger partial charge in [-0.05, 0) is 31.7 Å². The van der Waals surface area contributed by atoms with E-state index in [0.717, 1.165) is 11.3 Å². The van der Waals surface area contributed by atoms with E-state index < -0.39 is 0 Å². The molecule has 0 aliphatic heterocycles. The maximum absolute atomic E-state index is 11.8. The average Bonchev–Trinajstić information content (AvgIpc) is 2.37. The first-order valence-electron chi connectivity index (χ1n) is 5.63. The molecule has 0 aliphatic carbocycles. The van der Waals surface area contributed by atoms with Crippen molar-refractivity contribution in [2.75, 3.05) is 21.2 Å². The van der Waals surface area contributed by atoms with Crippen molar-refractivity contribution in [2.24, 2.45) is 0 Å². The van der Waals surface area contributed by atoms with Crippen molar-refractivity contribution < 1.29 is 9.53 Å². The molecule has 0 aliphatic rings. The molecule has 0 saturated carbocycles. The molecule has 0 bridgehead atoms. The van der Waals surface area contributed by atoms with Gasteiger partial charge in [0.2, 0.25) is 5.91 Å². The van der Waals surface area contributed by atoms with Gasteiger partial charge in [-0.1, -0.05) is 12.1 Å². The number of nitrogens with zero attached hydrogens (tertiary/aromatic N) is 1. The van der Waals surface area contributed by atoms with E-state index in [1.807, 2.05) is 31.2 Å². The zero-order valence-corrected chi connectivity index (χ0v) is 10.9. The van der Waals surface area contributed by atoms with E-state index >= 15 is 0 Å². The Kier molecular flexibility index (Phi) is 4.97. The molecule has 1 N–H and O–H groups in total. The highest BCUT2D eigenvalue weighted by Gasteiger charge is 2.15. The van der Waals surface area contributed by atoms with E-state index in [-0.39, 0.29) is 11.9 Å². The number of carbonyl (C=O) groups is 1. The Hall–Kier alpha value is -1.55. The van der Waals surface area contributed by atoms with Gasteiger partial charge in [-0.25, -0.2) is 0 Å². The fraction of sp³-hybridized carbons (Fsp3) is 0.462. The van der Waals surface area contributed by atoms with Crippen LogP contribution in [-0.4, -0.2) is 38.1 Å². The monoisotopic (exact) mass is 236 g/mol. The molecule has 4 heteroatoms. The fourth-order valence-corrected chi connectivity index (χ4v) is 1.54. The van der Waals surface area contributed by atoms with Gasteiger partial charge in [0.1, 0.15) is 5.75 Å². The summed E-state index contributed by atoms with van der Waals surface area (Å²) >= 11 is 0. The van der Waals surface area contributed by atoms with Crippen LogP contribution in [0.4, 0.5) is 0 Å². The normalized spacial score (nSPS) is 12.0. The minimum absolute atomic E-state index is 0.0864. The number of nitrogens with one attached hydrogen (secondary N) is 1. The van der Waals surface area contributed by atoms with Crippen molar-refractivity contribution in [2.45, 2.75) is 19.5 Å². The maximum Gasteiger partial charge on any atom is 0.239 e. The van der Waals surface area contributed by atoms with E-state index in [1.165, 1.54) is 0 Å². The zero-order valence-electron chi connectivity index (χ0n) is 10.9. The van der Waals surface area contributed by atoms with Gasteiger partial charge >= 0.3 is 0 Å². The minimum atomic E-state index is -0.154. The Balaban J connectivity index is 2.61. The molecule has 17 heavy (non-hydrogen) atoms. The molecule has 0 heterocycles. The third-order valence-electron chi connectivity index (χ3n) is 2.76. The standard InChI is InChI=1S/C13H20N2O2/c1-10(14-2)13(16)15(3)9-11-5-7-12(17-4)8-6-11/h5-8,10,14H,9H2,1-4H3. The summed E-state index contributed by atoms with van der Waals surface area (Å²) in [5, 5.41) is 2.94. The fourth-order valence-electron chi connectivity index (χ4n) is 1.54. The largest absolute Gasteiger partial charge is 0.497 e. The molecule has 1 amide bonds. The zero-order chi connectivity index (χ0) is 12.8. The highest BCUT2D eigenvalue weighted by molar-refractivity contribution is 5.81. The van der Waals surface area contributed by atoms with Crippen LogP contribution in [0.3, 0.4) is 0 Å². The molecule has 1 atom stereocenters. The van der Waals surface area contributed by atoms with Crippen molar-refractivity contribution in [1.82, 2.24) is 10.2 Å². The molecule has 1 aromatic rings. The van der Waals surface area contributed by atoms with Gasteiger partial charge in [0.15, 0.2) is 0 Å². The molecule has 0 spiro atoms. The lowest BCUT2D eigenvalue weighted by Gasteiger charge is -2.21. The van der Waals surface area contributed by atoms with Crippen LogP contribution in [0.15, 0.2) is 24.3 Å². The summed E-state index contributed by atoms with van der Waals surface area (Å²) in [6, 6.07) is 7.57. The van der Waals surface area contributed by atoms with Crippen LogP contribution in [0, 0.1) is 0 Å². The van der Waals surface area contributed by atoms with Gasteiger partial charge in [-0.2, -0.15) is 0 Å². The second-order valence-corrected chi connectivity index (χ2v) is 4.05. The average molecular weight is 236 g/mol. The summed E-state index contributed by atoms with van der Waals surface area (Å²) in [6.07, 6.45) is 0. The molecule has 0 aromatic heterocycles. The number of hydrogen-bond acceptors (Lipinski definition) is 3. The maximum atomic E-state index is 11.8. The highest BCUT2D eigenvalue weighted by Crippen LogP contribution is 2.12. The predicted molar refractivity (Wildman–Crippen MR) is 68.0 cm³/mol. The second-order valence-electron chi connectivity index (χ2n) is 4.05. The molecular formula is C13H20N2O2. The van der Waals surface area contributed by atoms with Crippen LogP contribution >= 0.6 is 0 Å². The SMILES string of the molecule is CNC(C)C(=O)N(C)Cc1ccc(OC)cc1. The Morgan fingerprint density at radius 2 is 2.00 bits per heavy atom. The highest BCUT2D eigenvalue weighted by atomic mass is 16.5. The van der Waals surface area contributed by atoms with Gasteiger partial charge in [0.05, 0.1) is 13.2 Å². The van der Waals surface area contributed by atoms with E-state index in [2.05, 4.69) is 5.32 Å². The first-order valence-corrected chi connectivity index (χ1v) is 5.63. The lowest BCUT2D eigenvalue weighted by molar-refractivity contribution is -0.132. The molecule has 0 fully saturated rings. The Morgan fingerprint density at radius 1 is 1.41 bits per heavy atom. The third kappa shape index (κ3) is 3.75. The quantitative estimate of drug-likeness (QED) is 0.837. The molecule has 1 rings (SSSR count). The van der Waals surface area contributed by atoms with Crippen LogP contribution in [0.25, 0.3) is 0 Å². The van der Waals surface area contributed by atoms with Crippen LogP contribution in [0.5, 0.6) is 5.75 Å². The summed E-state index contributed by atoms with van der Waals surface area (Å²) in [6.45, 7) is 2.46. The van der Waals surface area contributed by atoms with Crippen molar-refractivity contribution in [3.8, 4) is 5.75 Å². The van der Waals surface area contributed by atoms with Crippen LogP contribution < -0.4 is 10.1 Å². The van der Waals surface area contributed by atoms with Crippen LogP contribution in [0.2, 0.25) is 0 Å². The lowest BCUT2D eigenvalue weighted by atomic mass is 10.2. The third-order valence-corrected chi connectivity index (χ3v) is 2.76. The predicted octanol–water partition coefficient (Wildman–Crippen LogP) is 1.26. The van der Waals surface area contributed by atoms with Crippen molar-refractivity contribution in [3.63, 3.8) is 0 Å². The number of likely N-dealkylation sites (N-methyl/N-ethyl adjacent to an activating group) is 2. The number of hydrogen-bond donors (Lipinski definition) is 1.